The number of rotatable bonds is 5. The predicted molar refractivity (Wildman–Crippen MR) is 115 cm³/mol. The number of hydrogen-bond acceptors (Lipinski definition) is 5. The Morgan fingerprint density at radius 1 is 1.14 bits per heavy atom. The van der Waals surface area contributed by atoms with Crippen LogP contribution in [0.25, 0.3) is 10.2 Å². The third-order valence-electron chi connectivity index (χ3n) is 4.50. The van der Waals surface area contributed by atoms with Crippen LogP contribution in [0.1, 0.15) is 34.5 Å². The molecule has 3 heterocycles. The normalized spacial score (nSPS) is 11.9. The lowest BCUT2D eigenvalue weighted by molar-refractivity contribution is 0.102. The summed E-state index contributed by atoms with van der Waals surface area (Å²) in [7, 11) is 0. The minimum atomic E-state index is -0.163. The Hall–Kier alpha value is -3.25. The summed E-state index contributed by atoms with van der Waals surface area (Å²) in [5.41, 5.74) is 4.42. The maximum atomic E-state index is 12.5. The Labute approximate surface area is 167 Å². The third kappa shape index (κ3) is 3.87. The predicted octanol–water partition coefficient (Wildman–Crippen LogP) is 5.43. The van der Waals surface area contributed by atoms with Gasteiger partial charge in [0.25, 0.3) is 5.91 Å². The van der Waals surface area contributed by atoms with E-state index in [1.807, 2.05) is 49.5 Å². The highest BCUT2D eigenvalue weighted by atomic mass is 32.1. The molecule has 0 spiro atoms. The van der Waals surface area contributed by atoms with Crippen molar-refractivity contribution >= 4 is 38.8 Å². The van der Waals surface area contributed by atoms with Crippen LogP contribution in [0.3, 0.4) is 0 Å². The molecule has 0 aliphatic rings. The molecule has 0 unspecified atom stereocenters. The van der Waals surface area contributed by atoms with Gasteiger partial charge in [-0.2, -0.15) is 0 Å². The van der Waals surface area contributed by atoms with Gasteiger partial charge in [-0.1, -0.05) is 12.1 Å². The molecule has 1 amide bonds. The Bertz CT molecular complexity index is 1140. The zero-order valence-corrected chi connectivity index (χ0v) is 16.5. The van der Waals surface area contributed by atoms with E-state index in [1.54, 1.807) is 23.7 Å². The molecule has 2 N–H and O–H groups in total. The van der Waals surface area contributed by atoms with Crippen LogP contribution >= 0.6 is 11.3 Å². The van der Waals surface area contributed by atoms with E-state index in [0.29, 0.717) is 5.56 Å². The highest BCUT2D eigenvalue weighted by Crippen LogP contribution is 2.31. The Morgan fingerprint density at radius 2 is 2.04 bits per heavy atom. The molecule has 0 saturated heterocycles. The van der Waals surface area contributed by atoms with Crippen LogP contribution in [-0.4, -0.2) is 15.9 Å². The number of amides is 1. The van der Waals surface area contributed by atoms with Gasteiger partial charge in [-0.05, 0) is 55.3 Å². The fourth-order valence-corrected chi connectivity index (χ4v) is 3.92. The number of aromatic nitrogens is 2. The Balaban J connectivity index is 1.50. The van der Waals surface area contributed by atoms with Crippen LogP contribution in [0.5, 0.6) is 0 Å². The van der Waals surface area contributed by atoms with Crippen LogP contribution in [-0.2, 0) is 0 Å². The molecule has 5 nitrogen and oxygen atoms in total. The highest BCUT2D eigenvalue weighted by molar-refractivity contribution is 7.17. The standard InChI is InChI=1S/C22H20N4OS/c1-14-9-17(12-23-11-14)21(27)26-18-6-3-5-16(10-18)15(2)25-20-13-28-22-19(20)7-4-8-24-22/h3-13,15,25H,1-2H3,(H,26,27)/t15-/m0/s1. The molecule has 4 aromatic rings. The molecule has 0 bridgehead atoms. The molecule has 0 fully saturated rings. The zero-order chi connectivity index (χ0) is 19.5. The number of carbonyl (C=O) groups is 1. The highest BCUT2D eigenvalue weighted by Gasteiger charge is 2.12. The van der Waals surface area contributed by atoms with Crippen LogP contribution in [0, 0.1) is 6.92 Å². The molecular weight excluding hydrogens is 368 g/mol. The lowest BCUT2D eigenvalue weighted by Crippen LogP contribution is -2.13. The maximum absolute atomic E-state index is 12.5. The molecule has 0 aliphatic carbocycles. The summed E-state index contributed by atoms with van der Waals surface area (Å²) in [6.45, 7) is 4.02. The number of nitrogens with zero attached hydrogens (tertiary/aromatic N) is 2. The van der Waals surface area contributed by atoms with Crippen molar-refractivity contribution in [2.45, 2.75) is 19.9 Å². The van der Waals surface area contributed by atoms with Gasteiger partial charge in [0, 0.05) is 41.1 Å². The molecule has 4 rings (SSSR count). The Kier molecular flexibility index (Phi) is 5.04. The van der Waals surface area contributed by atoms with Crippen molar-refractivity contribution in [3.8, 4) is 0 Å². The number of carbonyl (C=O) groups excluding carboxylic acids is 1. The largest absolute Gasteiger partial charge is 0.377 e. The smallest absolute Gasteiger partial charge is 0.257 e. The van der Waals surface area contributed by atoms with Gasteiger partial charge in [-0.25, -0.2) is 4.98 Å². The van der Waals surface area contributed by atoms with E-state index in [1.165, 1.54) is 0 Å². The molecule has 0 saturated carbocycles. The van der Waals surface area contributed by atoms with Gasteiger partial charge in [0.2, 0.25) is 0 Å². The van der Waals surface area contributed by atoms with Crippen LogP contribution in [0.15, 0.2) is 66.4 Å². The zero-order valence-electron chi connectivity index (χ0n) is 15.6. The molecule has 28 heavy (non-hydrogen) atoms. The van der Waals surface area contributed by atoms with E-state index in [9.17, 15) is 4.79 Å². The van der Waals surface area contributed by atoms with Crippen LogP contribution < -0.4 is 10.6 Å². The molecule has 1 atom stereocenters. The van der Waals surface area contributed by atoms with Crippen molar-refractivity contribution in [3.63, 3.8) is 0 Å². The number of anilines is 2. The minimum Gasteiger partial charge on any atom is -0.377 e. The summed E-state index contributed by atoms with van der Waals surface area (Å²) < 4.78 is 0. The number of thiophene rings is 1. The second-order valence-corrected chi connectivity index (χ2v) is 7.56. The quantitative estimate of drug-likeness (QED) is 0.479. The minimum absolute atomic E-state index is 0.0792. The fourth-order valence-electron chi connectivity index (χ4n) is 3.06. The van der Waals surface area contributed by atoms with Gasteiger partial charge in [0.05, 0.1) is 11.3 Å². The summed E-state index contributed by atoms with van der Waals surface area (Å²) in [6, 6.07) is 13.8. The maximum Gasteiger partial charge on any atom is 0.257 e. The summed E-state index contributed by atoms with van der Waals surface area (Å²) in [5, 5.41) is 9.71. The second kappa shape index (κ2) is 7.78. The lowest BCUT2D eigenvalue weighted by atomic mass is 10.1. The van der Waals surface area contributed by atoms with Gasteiger partial charge in [-0.3, -0.25) is 9.78 Å². The van der Waals surface area contributed by atoms with E-state index in [4.69, 9.17) is 0 Å². The van der Waals surface area contributed by atoms with Crippen molar-refractivity contribution in [1.82, 2.24) is 9.97 Å². The number of aryl methyl sites for hydroxylation is 1. The van der Waals surface area contributed by atoms with Crippen molar-refractivity contribution in [2.75, 3.05) is 10.6 Å². The lowest BCUT2D eigenvalue weighted by Gasteiger charge is -2.16. The van der Waals surface area contributed by atoms with Crippen molar-refractivity contribution in [1.29, 1.82) is 0 Å². The summed E-state index contributed by atoms with van der Waals surface area (Å²) in [4.78, 5) is 22.0. The number of hydrogen-bond donors (Lipinski definition) is 2. The number of pyridine rings is 2. The molecule has 0 aliphatic heterocycles. The number of fused-ring (bicyclic) bond motifs is 1. The molecular formula is C22H20N4OS. The first kappa shape index (κ1) is 18.1. The number of benzene rings is 1. The molecule has 6 heteroatoms. The topological polar surface area (TPSA) is 66.9 Å². The summed E-state index contributed by atoms with van der Waals surface area (Å²) in [5.74, 6) is -0.163. The van der Waals surface area contributed by atoms with E-state index >= 15 is 0 Å². The van der Waals surface area contributed by atoms with Gasteiger partial charge in [-0.15, -0.1) is 11.3 Å². The first-order valence-corrected chi connectivity index (χ1v) is 9.90. The fraction of sp³-hybridized carbons (Fsp3) is 0.136. The molecule has 0 radical (unpaired) electrons. The van der Waals surface area contributed by atoms with Gasteiger partial charge >= 0.3 is 0 Å². The number of nitrogens with one attached hydrogen (secondary N) is 2. The monoisotopic (exact) mass is 388 g/mol. The average molecular weight is 388 g/mol. The van der Waals surface area contributed by atoms with Gasteiger partial charge in [0.15, 0.2) is 0 Å². The third-order valence-corrected chi connectivity index (χ3v) is 5.41. The van der Waals surface area contributed by atoms with Crippen LogP contribution in [0.2, 0.25) is 0 Å². The average Bonchev–Trinajstić information content (AvgIpc) is 3.11. The van der Waals surface area contributed by atoms with Crippen molar-refractivity contribution in [3.05, 3.63) is 83.1 Å². The van der Waals surface area contributed by atoms with Gasteiger partial charge < -0.3 is 10.6 Å². The Morgan fingerprint density at radius 3 is 2.89 bits per heavy atom. The van der Waals surface area contributed by atoms with Crippen molar-refractivity contribution in [2.24, 2.45) is 0 Å². The second-order valence-electron chi connectivity index (χ2n) is 6.70. The summed E-state index contributed by atoms with van der Waals surface area (Å²) in [6.07, 6.45) is 5.11. The first-order valence-electron chi connectivity index (χ1n) is 9.02. The van der Waals surface area contributed by atoms with Crippen LogP contribution in [0.4, 0.5) is 11.4 Å². The molecule has 3 aromatic heterocycles. The van der Waals surface area contributed by atoms with E-state index in [2.05, 4.69) is 39.0 Å². The van der Waals surface area contributed by atoms with Gasteiger partial charge in [0.1, 0.15) is 4.83 Å². The molecule has 140 valence electrons. The summed E-state index contributed by atoms with van der Waals surface area (Å²) >= 11 is 1.62. The van der Waals surface area contributed by atoms with E-state index in [0.717, 1.165) is 32.7 Å². The SMILES string of the molecule is Cc1cncc(C(=O)Nc2cccc([C@H](C)Nc3csc4ncccc34)c2)c1. The molecule has 1 aromatic carbocycles. The van der Waals surface area contributed by atoms with Crippen molar-refractivity contribution < 1.29 is 4.79 Å². The van der Waals surface area contributed by atoms with E-state index in [-0.39, 0.29) is 11.9 Å². The first-order chi connectivity index (χ1) is 13.6. The van der Waals surface area contributed by atoms with E-state index < -0.39 is 0 Å².